The number of esters is 1. The van der Waals surface area contributed by atoms with Gasteiger partial charge in [-0.3, -0.25) is 9.59 Å². The molecule has 0 saturated heterocycles. The van der Waals surface area contributed by atoms with Crippen LogP contribution in [0, 0.1) is 5.92 Å². The lowest BCUT2D eigenvalue weighted by molar-refractivity contribution is -0.147. The van der Waals surface area contributed by atoms with Crippen LogP contribution in [0.5, 0.6) is 0 Å². The van der Waals surface area contributed by atoms with E-state index in [-0.39, 0.29) is 6.61 Å². The summed E-state index contributed by atoms with van der Waals surface area (Å²) in [5.41, 5.74) is 0.924. The minimum absolute atomic E-state index is 0.216. The van der Waals surface area contributed by atoms with Crippen molar-refractivity contribution in [2.24, 2.45) is 5.92 Å². The Balaban J connectivity index is 2.26. The van der Waals surface area contributed by atoms with Crippen LogP contribution in [0.2, 0.25) is 0 Å². The summed E-state index contributed by atoms with van der Waals surface area (Å²) in [6.07, 6.45) is 7.81. The summed E-state index contributed by atoms with van der Waals surface area (Å²) in [6.45, 7) is 2.37. The molecule has 3 nitrogen and oxygen atoms in total. The molecule has 0 aliphatic carbocycles. The van der Waals surface area contributed by atoms with E-state index in [2.05, 4.69) is 6.92 Å². The van der Waals surface area contributed by atoms with Crippen LogP contribution in [0.1, 0.15) is 51.0 Å². The van der Waals surface area contributed by atoms with Gasteiger partial charge in [-0.2, -0.15) is 0 Å². The summed E-state index contributed by atoms with van der Waals surface area (Å²) in [4.78, 5) is 22.6. The van der Waals surface area contributed by atoms with Gasteiger partial charge in [0.2, 0.25) is 6.29 Å². The van der Waals surface area contributed by atoms with Crippen LogP contribution < -0.4 is 0 Å². The zero-order chi connectivity index (χ0) is 14.6. The molecule has 3 heteroatoms. The number of rotatable bonds is 10. The van der Waals surface area contributed by atoms with E-state index >= 15 is 0 Å². The third-order valence-corrected chi connectivity index (χ3v) is 3.25. The monoisotopic (exact) mass is 275 g/mol. The highest BCUT2D eigenvalue weighted by Gasteiger charge is 2.19. The summed E-state index contributed by atoms with van der Waals surface area (Å²) in [5.74, 6) is -1.19. The largest absolute Gasteiger partial charge is 0.460 e. The summed E-state index contributed by atoms with van der Waals surface area (Å²) in [5, 5.41) is 0. The predicted octanol–water partition coefficient (Wildman–Crippen LogP) is 3.82. The second kappa shape index (κ2) is 10.2. The van der Waals surface area contributed by atoms with Crippen molar-refractivity contribution in [1.29, 1.82) is 0 Å². The molecule has 0 aromatic heterocycles. The van der Waals surface area contributed by atoms with Crippen LogP contribution in [-0.2, 0) is 20.9 Å². The molecular weight excluding hydrogens is 252 g/mol. The Morgan fingerprint density at radius 3 is 2.50 bits per heavy atom. The lowest BCUT2D eigenvalue weighted by Gasteiger charge is -2.10. The number of carbonyl (C=O) groups excluding carboxylic acids is 2. The zero-order valence-corrected chi connectivity index (χ0v) is 12.1. The Morgan fingerprint density at radius 2 is 1.85 bits per heavy atom. The second-order valence-corrected chi connectivity index (χ2v) is 4.97. The predicted molar refractivity (Wildman–Crippen MR) is 78.8 cm³/mol. The van der Waals surface area contributed by atoms with Gasteiger partial charge in [0.25, 0.3) is 0 Å². The molecule has 0 heterocycles. The molecule has 1 atom stereocenters. The molecule has 20 heavy (non-hydrogen) atoms. The molecule has 0 aliphatic heterocycles. The van der Waals surface area contributed by atoms with Gasteiger partial charge in [0.05, 0.1) is 0 Å². The van der Waals surface area contributed by atoms with E-state index in [0.717, 1.165) is 24.8 Å². The highest BCUT2D eigenvalue weighted by atomic mass is 16.5. The molecule has 1 aromatic carbocycles. The maximum Gasteiger partial charge on any atom is 0.317 e. The van der Waals surface area contributed by atoms with E-state index in [1.54, 1.807) is 6.29 Å². The number of hydrogen-bond donors (Lipinski definition) is 0. The van der Waals surface area contributed by atoms with Gasteiger partial charge < -0.3 is 4.74 Å². The van der Waals surface area contributed by atoms with Crippen LogP contribution in [0.4, 0.5) is 0 Å². The Hall–Kier alpha value is -1.64. The molecule has 109 valence electrons. The quantitative estimate of drug-likeness (QED) is 0.370. The van der Waals surface area contributed by atoms with Crippen LogP contribution in [0.25, 0.3) is 0 Å². The van der Waals surface area contributed by atoms with Gasteiger partial charge in [-0.15, -0.1) is 0 Å². The van der Waals surface area contributed by atoms with Crippen LogP contribution in [0.15, 0.2) is 30.3 Å². The first-order valence-electron chi connectivity index (χ1n) is 7.36. The fraction of sp³-hybridized carbons (Fsp3) is 0.529. The molecule has 0 spiro atoms. The highest BCUT2D eigenvalue weighted by molar-refractivity contribution is 5.87. The number of carbonyl (C=O) groups is 1. The van der Waals surface area contributed by atoms with Gasteiger partial charge in [0, 0.05) is 0 Å². The first kappa shape index (κ1) is 16.4. The first-order valence-corrected chi connectivity index (χ1v) is 7.36. The fourth-order valence-electron chi connectivity index (χ4n) is 2.01. The minimum Gasteiger partial charge on any atom is -0.460 e. The lowest BCUT2D eigenvalue weighted by Crippen LogP contribution is -2.19. The molecular formula is C17H23O3. The van der Waals surface area contributed by atoms with Crippen molar-refractivity contribution in [3.8, 4) is 0 Å². The van der Waals surface area contributed by atoms with Gasteiger partial charge in [0.1, 0.15) is 12.5 Å². The molecule has 0 bridgehead atoms. The smallest absolute Gasteiger partial charge is 0.317 e. The van der Waals surface area contributed by atoms with E-state index in [0.29, 0.717) is 6.42 Å². The Labute approximate surface area is 121 Å². The maximum absolute atomic E-state index is 11.8. The molecule has 0 fully saturated rings. The van der Waals surface area contributed by atoms with Gasteiger partial charge in [0.15, 0.2) is 0 Å². The van der Waals surface area contributed by atoms with E-state index in [9.17, 15) is 9.59 Å². The fourth-order valence-corrected chi connectivity index (χ4v) is 2.01. The highest BCUT2D eigenvalue weighted by Crippen LogP contribution is 2.13. The number of benzene rings is 1. The van der Waals surface area contributed by atoms with Crippen molar-refractivity contribution < 1.29 is 14.3 Å². The first-order chi connectivity index (χ1) is 9.77. The Morgan fingerprint density at radius 1 is 1.15 bits per heavy atom. The summed E-state index contributed by atoms with van der Waals surface area (Å²) in [7, 11) is 0. The van der Waals surface area contributed by atoms with Gasteiger partial charge in [-0.25, -0.2) is 0 Å². The molecule has 1 rings (SSSR count). The number of ether oxygens (including phenoxy) is 1. The molecule has 0 saturated carbocycles. The minimum atomic E-state index is -0.736. The van der Waals surface area contributed by atoms with E-state index in [1.165, 1.54) is 12.8 Å². The molecule has 1 unspecified atom stereocenters. The lowest BCUT2D eigenvalue weighted by atomic mass is 10.0. The van der Waals surface area contributed by atoms with Crippen molar-refractivity contribution in [2.45, 2.75) is 52.1 Å². The molecule has 1 radical (unpaired) electrons. The molecule has 0 amide bonds. The second-order valence-electron chi connectivity index (χ2n) is 4.97. The third-order valence-electron chi connectivity index (χ3n) is 3.25. The SMILES string of the molecule is CCCCCCCC([C]=O)C(=O)OCc1ccccc1. The topological polar surface area (TPSA) is 43.4 Å². The Bertz CT molecular complexity index is 386. The summed E-state index contributed by atoms with van der Waals surface area (Å²) >= 11 is 0. The average molecular weight is 275 g/mol. The van der Waals surface area contributed by atoms with Crippen LogP contribution in [0.3, 0.4) is 0 Å². The van der Waals surface area contributed by atoms with Crippen molar-refractivity contribution in [2.75, 3.05) is 0 Å². The number of hydrogen-bond acceptors (Lipinski definition) is 3. The van der Waals surface area contributed by atoms with E-state index in [1.807, 2.05) is 30.3 Å². The van der Waals surface area contributed by atoms with Crippen molar-refractivity contribution in [1.82, 2.24) is 0 Å². The van der Waals surface area contributed by atoms with Crippen LogP contribution in [-0.4, -0.2) is 12.3 Å². The molecule has 0 aliphatic rings. The van der Waals surface area contributed by atoms with Crippen molar-refractivity contribution in [3.05, 3.63) is 35.9 Å². The standard InChI is InChI=1S/C17H23O3/c1-2-3-4-5-9-12-16(13-18)17(19)20-14-15-10-7-6-8-11-15/h6-8,10-11,16H,2-5,9,12,14H2,1H3. The van der Waals surface area contributed by atoms with E-state index in [4.69, 9.17) is 4.74 Å². The van der Waals surface area contributed by atoms with Crippen molar-refractivity contribution in [3.63, 3.8) is 0 Å². The zero-order valence-electron chi connectivity index (χ0n) is 12.1. The normalized spacial score (nSPS) is 11.8. The number of unbranched alkanes of at least 4 members (excludes halogenated alkanes) is 4. The van der Waals surface area contributed by atoms with Crippen molar-refractivity contribution >= 4 is 12.3 Å². The van der Waals surface area contributed by atoms with Gasteiger partial charge in [-0.05, 0) is 12.0 Å². The average Bonchev–Trinajstić information content (AvgIpc) is 2.49. The van der Waals surface area contributed by atoms with Gasteiger partial charge in [-0.1, -0.05) is 69.4 Å². The Kier molecular flexibility index (Phi) is 8.36. The molecule has 1 aromatic rings. The third kappa shape index (κ3) is 6.50. The summed E-state index contributed by atoms with van der Waals surface area (Å²) < 4.78 is 5.16. The maximum atomic E-state index is 11.8. The van der Waals surface area contributed by atoms with Gasteiger partial charge >= 0.3 is 5.97 Å². The van der Waals surface area contributed by atoms with Crippen LogP contribution >= 0.6 is 0 Å². The summed E-state index contributed by atoms with van der Waals surface area (Å²) in [6, 6.07) is 9.46. The van der Waals surface area contributed by atoms with E-state index < -0.39 is 11.9 Å². The molecule has 0 N–H and O–H groups in total.